The molecule has 2 aliphatic rings. The third kappa shape index (κ3) is 4.74. The van der Waals surface area contributed by atoms with Crippen LogP contribution in [0.5, 0.6) is 0 Å². The molecule has 0 bridgehead atoms. The summed E-state index contributed by atoms with van der Waals surface area (Å²) in [5.41, 5.74) is -0.272. The van der Waals surface area contributed by atoms with Gasteiger partial charge in [0.15, 0.2) is 0 Å². The Bertz CT molecular complexity index is 437. The molecule has 1 N–H and O–H groups in total. The van der Waals surface area contributed by atoms with E-state index >= 15 is 0 Å². The third-order valence-corrected chi connectivity index (χ3v) is 7.13. The molecule has 0 aromatic carbocycles. The van der Waals surface area contributed by atoms with Gasteiger partial charge in [-0.15, -0.1) is 0 Å². The Labute approximate surface area is 147 Å². The summed E-state index contributed by atoms with van der Waals surface area (Å²) in [5, 5.41) is 18.7. The number of hydrogen-bond donors (Lipinski definition) is 1. The molecule has 0 aromatic rings. The Morgan fingerprint density at radius 3 is 2.25 bits per heavy atom. The van der Waals surface area contributed by atoms with Gasteiger partial charge in [-0.3, -0.25) is 4.79 Å². The van der Waals surface area contributed by atoms with Gasteiger partial charge in [0.1, 0.15) is 0 Å². The number of hydrogen-bond acceptors (Lipinski definition) is 2. The van der Waals surface area contributed by atoms with Crippen molar-refractivity contribution in [2.45, 2.75) is 90.9 Å². The summed E-state index contributed by atoms with van der Waals surface area (Å²) in [6.45, 7) is 4.38. The molecule has 0 unspecified atom stereocenters. The van der Waals surface area contributed by atoms with Crippen molar-refractivity contribution in [2.24, 2.45) is 29.1 Å². The van der Waals surface area contributed by atoms with Gasteiger partial charge in [-0.2, -0.15) is 5.26 Å². The number of carboxylic acids is 1. The van der Waals surface area contributed by atoms with E-state index in [1.807, 2.05) is 0 Å². The van der Waals surface area contributed by atoms with Crippen LogP contribution in [-0.2, 0) is 4.79 Å². The lowest BCUT2D eigenvalue weighted by molar-refractivity contribution is -0.137. The highest BCUT2D eigenvalue weighted by atomic mass is 16.4. The Kier molecular flexibility index (Phi) is 7.14. The maximum atomic E-state index is 10.8. The summed E-state index contributed by atoms with van der Waals surface area (Å²) in [6, 6.07) is 2.60. The topological polar surface area (TPSA) is 61.1 Å². The first-order valence-corrected chi connectivity index (χ1v) is 10.1. The molecule has 3 heteroatoms. The van der Waals surface area contributed by atoms with Crippen molar-refractivity contribution in [3.8, 4) is 6.07 Å². The van der Waals surface area contributed by atoms with Crippen LogP contribution in [-0.4, -0.2) is 11.1 Å². The van der Waals surface area contributed by atoms with Gasteiger partial charge in [-0.25, -0.2) is 0 Å². The second-order valence-electron chi connectivity index (χ2n) is 8.51. The first-order chi connectivity index (χ1) is 11.5. The Morgan fingerprint density at radius 1 is 1.17 bits per heavy atom. The fourth-order valence-electron chi connectivity index (χ4n) is 5.31. The molecule has 0 spiro atoms. The van der Waals surface area contributed by atoms with E-state index in [4.69, 9.17) is 5.11 Å². The average molecular weight is 334 g/mol. The van der Waals surface area contributed by atoms with Crippen LogP contribution < -0.4 is 0 Å². The van der Waals surface area contributed by atoms with E-state index in [1.54, 1.807) is 0 Å². The van der Waals surface area contributed by atoms with Gasteiger partial charge in [-0.1, -0.05) is 39.5 Å². The second kappa shape index (κ2) is 8.88. The van der Waals surface area contributed by atoms with Crippen LogP contribution >= 0.6 is 0 Å². The minimum Gasteiger partial charge on any atom is -0.481 e. The fraction of sp³-hybridized carbons (Fsp3) is 0.905. The van der Waals surface area contributed by atoms with Crippen molar-refractivity contribution in [1.82, 2.24) is 0 Å². The monoisotopic (exact) mass is 333 g/mol. The summed E-state index contributed by atoms with van der Waals surface area (Å²) in [7, 11) is 0. The van der Waals surface area contributed by atoms with E-state index in [9.17, 15) is 10.1 Å². The summed E-state index contributed by atoms with van der Waals surface area (Å²) < 4.78 is 0. The maximum absolute atomic E-state index is 10.8. The maximum Gasteiger partial charge on any atom is 0.303 e. The van der Waals surface area contributed by atoms with Gasteiger partial charge in [0.2, 0.25) is 0 Å². The van der Waals surface area contributed by atoms with Gasteiger partial charge < -0.3 is 5.11 Å². The first kappa shape index (κ1) is 19.3. The van der Waals surface area contributed by atoms with Gasteiger partial charge in [0, 0.05) is 6.42 Å². The predicted octanol–water partition coefficient (Wildman–Crippen LogP) is 5.79. The first-order valence-electron chi connectivity index (χ1n) is 10.1. The highest BCUT2D eigenvalue weighted by molar-refractivity contribution is 5.66. The van der Waals surface area contributed by atoms with Gasteiger partial charge in [-0.05, 0) is 68.6 Å². The van der Waals surface area contributed by atoms with Gasteiger partial charge in [0.05, 0.1) is 11.5 Å². The molecule has 3 nitrogen and oxygen atoms in total. The molecular weight excluding hydrogens is 298 g/mol. The molecule has 0 saturated heterocycles. The SMILES string of the molecule is CCCC1CCC(C2CCC(C#N)([C@@H](C)CCC(=O)O)CC2)CC1. The van der Waals surface area contributed by atoms with Crippen molar-refractivity contribution in [3.63, 3.8) is 0 Å². The highest BCUT2D eigenvalue weighted by Crippen LogP contribution is 2.49. The number of rotatable bonds is 7. The van der Waals surface area contributed by atoms with Crippen molar-refractivity contribution in [2.75, 3.05) is 0 Å². The van der Waals surface area contributed by atoms with Crippen LogP contribution in [0.3, 0.4) is 0 Å². The largest absolute Gasteiger partial charge is 0.481 e. The molecule has 2 fully saturated rings. The molecule has 2 aliphatic carbocycles. The second-order valence-corrected chi connectivity index (χ2v) is 8.51. The zero-order valence-electron chi connectivity index (χ0n) is 15.6. The van der Waals surface area contributed by atoms with E-state index in [1.165, 1.54) is 51.4 Å². The summed E-state index contributed by atoms with van der Waals surface area (Å²) >= 11 is 0. The van der Waals surface area contributed by atoms with E-state index in [0.717, 1.165) is 30.6 Å². The normalized spacial score (nSPS) is 35.1. The van der Waals surface area contributed by atoms with Gasteiger partial charge >= 0.3 is 5.97 Å². The Balaban J connectivity index is 1.83. The molecule has 2 rings (SSSR count). The molecule has 0 radical (unpaired) electrons. The van der Waals surface area contributed by atoms with Gasteiger partial charge in [0.25, 0.3) is 0 Å². The minimum absolute atomic E-state index is 0.190. The van der Waals surface area contributed by atoms with Crippen LogP contribution in [0.25, 0.3) is 0 Å². The lowest BCUT2D eigenvalue weighted by Gasteiger charge is -2.43. The third-order valence-electron chi connectivity index (χ3n) is 7.13. The van der Waals surface area contributed by atoms with Crippen LogP contribution in [0.15, 0.2) is 0 Å². The number of aliphatic carboxylic acids is 1. The quantitative estimate of drug-likeness (QED) is 0.641. The number of nitriles is 1. The van der Waals surface area contributed by atoms with E-state index in [2.05, 4.69) is 19.9 Å². The number of carboxylic acid groups (broad SMARTS) is 1. The fourth-order valence-corrected chi connectivity index (χ4v) is 5.31. The number of nitrogens with zero attached hydrogens (tertiary/aromatic N) is 1. The van der Waals surface area contributed by atoms with E-state index in [-0.39, 0.29) is 17.8 Å². The van der Waals surface area contributed by atoms with E-state index in [0.29, 0.717) is 6.42 Å². The molecule has 0 aromatic heterocycles. The van der Waals surface area contributed by atoms with Crippen LogP contribution in [0.4, 0.5) is 0 Å². The van der Waals surface area contributed by atoms with Crippen molar-refractivity contribution >= 4 is 5.97 Å². The summed E-state index contributed by atoms with van der Waals surface area (Å²) in [4.78, 5) is 10.8. The molecular formula is C21H35NO2. The van der Waals surface area contributed by atoms with Crippen LogP contribution in [0, 0.1) is 40.4 Å². The van der Waals surface area contributed by atoms with Crippen molar-refractivity contribution < 1.29 is 9.90 Å². The lowest BCUT2D eigenvalue weighted by Crippen LogP contribution is -2.35. The van der Waals surface area contributed by atoms with Crippen LogP contribution in [0.1, 0.15) is 90.9 Å². The van der Waals surface area contributed by atoms with Crippen molar-refractivity contribution in [3.05, 3.63) is 0 Å². The van der Waals surface area contributed by atoms with E-state index < -0.39 is 5.97 Å². The van der Waals surface area contributed by atoms with Crippen LogP contribution in [0.2, 0.25) is 0 Å². The lowest BCUT2D eigenvalue weighted by atomic mass is 9.60. The predicted molar refractivity (Wildman–Crippen MR) is 96.4 cm³/mol. The van der Waals surface area contributed by atoms with Crippen molar-refractivity contribution in [1.29, 1.82) is 5.26 Å². The minimum atomic E-state index is -0.743. The molecule has 1 atom stereocenters. The Morgan fingerprint density at radius 2 is 1.75 bits per heavy atom. The molecule has 24 heavy (non-hydrogen) atoms. The molecule has 0 heterocycles. The molecule has 136 valence electrons. The highest BCUT2D eigenvalue weighted by Gasteiger charge is 2.42. The number of carbonyl (C=O) groups is 1. The summed E-state index contributed by atoms with van der Waals surface area (Å²) in [5.74, 6) is 2.10. The Hall–Kier alpha value is -1.04. The zero-order chi connectivity index (χ0) is 17.6. The molecule has 0 aliphatic heterocycles. The smallest absolute Gasteiger partial charge is 0.303 e. The standard InChI is InChI=1S/C21H35NO2/c1-3-4-17-6-8-18(9-7-17)19-11-13-21(15-22,14-12-19)16(2)5-10-20(23)24/h16-19H,3-14H2,1-2H3,(H,23,24)/t16-,17?,18?,19?,21?/m0/s1. The molecule has 2 saturated carbocycles. The average Bonchev–Trinajstić information content (AvgIpc) is 2.60. The summed E-state index contributed by atoms with van der Waals surface area (Å²) in [6.07, 6.45) is 13.4. The zero-order valence-corrected chi connectivity index (χ0v) is 15.6. The molecule has 0 amide bonds.